The summed E-state index contributed by atoms with van der Waals surface area (Å²) in [5, 5.41) is 4.28. The van der Waals surface area contributed by atoms with E-state index in [9.17, 15) is 14.0 Å². The van der Waals surface area contributed by atoms with Crippen molar-refractivity contribution in [3.05, 3.63) is 39.9 Å². The summed E-state index contributed by atoms with van der Waals surface area (Å²) < 4.78 is 14.8. The molecular weight excluding hydrogens is 273 g/mol. The van der Waals surface area contributed by atoms with E-state index in [2.05, 4.69) is 5.10 Å². The van der Waals surface area contributed by atoms with E-state index in [-0.39, 0.29) is 17.0 Å². The fraction of sp³-hybridized carbons (Fsp3) is 0.400. The molecule has 0 N–H and O–H groups in total. The molecule has 1 aromatic carbocycles. The molecule has 1 aliphatic heterocycles. The van der Waals surface area contributed by atoms with Gasteiger partial charge in [0.1, 0.15) is 5.82 Å². The molecule has 0 aliphatic carbocycles. The third kappa shape index (κ3) is 2.41. The molecule has 1 saturated heterocycles. The van der Waals surface area contributed by atoms with E-state index in [4.69, 9.17) is 0 Å². The van der Waals surface area contributed by atoms with Gasteiger partial charge < -0.3 is 4.90 Å². The highest BCUT2D eigenvalue weighted by atomic mass is 19.1. The van der Waals surface area contributed by atoms with Crippen LogP contribution in [0.2, 0.25) is 0 Å². The number of likely N-dealkylation sites (tertiary alicyclic amines) is 1. The van der Waals surface area contributed by atoms with Crippen LogP contribution in [0.3, 0.4) is 0 Å². The van der Waals surface area contributed by atoms with E-state index in [1.165, 1.54) is 16.8 Å². The second-order valence-corrected chi connectivity index (χ2v) is 5.32. The number of benzene rings is 1. The first-order valence-electron chi connectivity index (χ1n) is 7.04. The summed E-state index contributed by atoms with van der Waals surface area (Å²) in [6, 6.07) is 3.93. The molecule has 5 nitrogen and oxygen atoms in total. The van der Waals surface area contributed by atoms with Crippen LogP contribution >= 0.6 is 0 Å². The Kier molecular flexibility index (Phi) is 3.45. The Morgan fingerprint density at radius 1 is 1.24 bits per heavy atom. The van der Waals surface area contributed by atoms with Crippen LogP contribution in [-0.2, 0) is 7.05 Å². The van der Waals surface area contributed by atoms with Crippen molar-refractivity contribution in [2.45, 2.75) is 19.3 Å². The van der Waals surface area contributed by atoms with E-state index in [0.717, 1.165) is 25.3 Å². The minimum atomic E-state index is -0.502. The minimum absolute atomic E-state index is 0.127. The number of piperidine rings is 1. The Hall–Kier alpha value is -2.24. The molecule has 2 heterocycles. The van der Waals surface area contributed by atoms with Crippen LogP contribution in [0.15, 0.2) is 23.0 Å². The lowest BCUT2D eigenvalue weighted by molar-refractivity contribution is 0.0715. The van der Waals surface area contributed by atoms with Crippen LogP contribution in [-0.4, -0.2) is 33.7 Å². The Labute approximate surface area is 121 Å². The van der Waals surface area contributed by atoms with Gasteiger partial charge in [-0.1, -0.05) is 0 Å². The van der Waals surface area contributed by atoms with Gasteiger partial charge in [-0.2, -0.15) is 5.10 Å². The second-order valence-electron chi connectivity index (χ2n) is 5.32. The molecule has 21 heavy (non-hydrogen) atoms. The number of aromatic nitrogens is 2. The molecule has 0 saturated carbocycles. The highest BCUT2D eigenvalue weighted by molar-refractivity contribution is 5.95. The zero-order valence-corrected chi connectivity index (χ0v) is 11.8. The maximum atomic E-state index is 13.4. The molecule has 110 valence electrons. The van der Waals surface area contributed by atoms with Gasteiger partial charge in [0, 0.05) is 20.1 Å². The zero-order valence-electron chi connectivity index (χ0n) is 11.8. The van der Waals surface area contributed by atoms with Gasteiger partial charge in [0.15, 0.2) is 5.69 Å². The number of aryl methyl sites for hydroxylation is 1. The zero-order chi connectivity index (χ0) is 15.0. The summed E-state index contributed by atoms with van der Waals surface area (Å²) in [6.07, 6.45) is 2.97. The van der Waals surface area contributed by atoms with Crippen LogP contribution in [0, 0.1) is 5.82 Å². The average molecular weight is 289 g/mol. The number of amides is 1. The monoisotopic (exact) mass is 289 g/mol. The summed E-state index contributed by atoms with van der Waals surface area (Å²) in [6.45, 7) is 1.29. The van der Waals surface area contributed by atoms with Gasteiger partial charge in [-0.3, -0.25) is 14.3 Å². The topological polar surface area (TPSA) is 55.2 Å². The van der Waals surface area contributed by atoms with Gasteiger partial charge in [0.2, 0.25) is 5.43 Å². The van der Waals surface area contributed by atoms with Crippen LogP contribution in [0.1, 0.15) is 29.8 Å². The van der Waals surface area contributed by atoms with Crippen LogP contribution in [0.5, 0.6) is 0 Å². The maximum Gasteiger partial charge on any atom is 0.278 e. The van der Waals surface area contributed by atoms with Crippen molar-refractivity contribution >= 4 is 16.8 Å². The number of nitrogens with zero attached hydrogens (tertiary/aromatic N) is 3. The molecule has 0 radical (unpaired) electrons. The lowest BCUT2D eigenvalue weighted by atomic mass is 10.1. The van der Waals surface area contributed by atoms with Crippen molar-refractivity contribution in [3.8, 4) is 0 Å². The Morgan fingerprint density at radius 3 is 2.67 bits per heavy atom. The maximum absolute atomic E-state index is 13.4. The summed E-state index contributed by atoms with van der Waals surface area (Å²) >= 11 is 0. The molecule has 1 aliphatic rings. The normalized spacial score (nSPS) is 15.4. The minimum Gasteiger partial charge on any atom is -0.337 e. The molecule has 0 spiro atoms. The summed E-state index contributed by atoms with van der Waals surface area (Å²) in [7, 11) is 1.65. The summed E-state index contributed by atoms with van der Waals surface area (Å²) in [4.78, 5) is 26.5. The number of rotatable bonds is 1. The number of hydrogen-bond acceptors (Lipinski definition) is 3. The second kappa shape index (κ2) is 5.27. The van der Waals surface area contributed by atoms with Gasteiger partial charge in [-0.05, 0) is 37.5 Å². The van der Waals surface area contributed by atoms with Gasteiger partial charge in [-0.25, -0.2) is 4.39 Å². The van der Waals surface area contributed by atoms with Gasteiger partial charge in [0.25, 0.3) is 5.91 Å². The summed E-state index contributed by atoms with van der Waals surface area (Å²) in [5.41, 5.74) is -0.118. The van der Waals surface area contributed by atoms with E-state index < -0.39 is 11.2 Å². The van der Waals surface area contributed by atoms with Crippen molar-refractivity contribution in [3.63, 3.8) is 0 Å². The number of fused-ring (bicyclic) bond motifs is 1. The molecule has 0 atom stereocenters. The Balaban J connectivity index is 2.12. The molecule has 1 amide bonds. The molecule has 3 rings (SSSR count). The predicted molar refractivity (Wildman–Crippen MR) is 76.7 cm³/mol. The van der Waals surface area contributed by atoms with Crippen molar-refractivity contribution in [1.29, 1.82) is 0 Å². The van der Waals surface area contributed by atoms with Crippen LogP contribution in [0.4, 0.5) is 4.39 Å². The first kappa shape index (κ1) is 13.7. The van der Waals surface area contributed by atoms with Crippen molar-refractivity contribution in [2.75, 3.05) is 13.1 Å². The molecular formula is C15H16FN3O2. The van der Waals surface area contributed by atoms with Crippen LogP contribution in [0.25, 0.3) is 10.9 Å². The SMILES string of the molecule is Cn1nc(C(=O)N2CCCCC2)c(=O)c2cc(F)ccc21. The lowest BCUT2D eigenvalue weighted by Crippen LogP contribution is -2.39. The fourth-order valence-corrected chi connectivity index (χ4v) is 2.74. The molecule has 6 heteroatoms. The number of carbonyl (C=O) groups is 1. The number of halogens is 1. The summed E-state index contributed by atoms with van der Waals surface area (Å²) in [5.74, 6) is -0.858. The largest absolute Gasteiger partial charge is 0.337 e. The smallest absolute Gasteiger partial charge is 0.278 e. The van der Waals surface area contributed by atoms with E-state index >= 15 is 0 Å². The van der Waals surface area contributed by atoms with Crippen molar-refractivity contribution in [1.82, 2.24) is 14.7 Å². The van der Waals surface area contributed by atoms with Crippen molar-refractivity contribution < 1.29 is 9.18 Å². The lowest BCUT2D eigenvalue weighted by Gasteiger charge is -2.26. The first-order valence-corrected chi connectivity index (χ1v) is 7.04. The highest BCUT2D eigenvalue weighted by Crippen LogP contribution is 2.14. The van der Waals surface area contributed by atoms with Crippen LogP contribution < -0.4 is 5.43 Å². The van der Waals surface area contributed by atoms with E-state index in [0.29, 0.717) is 18.6 Å². The fourth-order valence-electron chi connectivity index (χ4n) is 2.74. The Morgan fingerprint density at radius 2 is 1.95 bits per heavy atom. The molecule has 1 aromatic heterocycles. The third-order valence-corrected chi connectivity index (χ3v) is 3.86. The average Bonchev–Trinajstić information content (AvgIpc) is 2.51. The first-order chi connectivity index (χ1) is 10.1. The standard InChI is InChI=1S/C15H16FN3O2/c1-18-12-6-5-10(16)9-11(12)14(20)13(17-18)15(21)19-7-3-2-4-8-19/h5-6,9H,2-4,7-8H2,1H3. The van der Waals surface area contributed by atoms with Gasteiger partial charge in [-0.15, -0.1) is 0 Å². The van der Waals surface area contributed by atoms with E-state index in [1.807, 2.05) is 0 Å². The third-order valence-electron chi connectivity index (χ3n) is 3.86. The molecule has 2 aromatic rings. The molecule has 0 unspecified atom stereocenters. The molecule has 0 bridgehead atoms. The van der Waals surface area contributed by atoms with Gasteiger partial charge in [0.05, 0.1) is 10.9 Å². The number of carbonyl (C=O) groups excluding carboxylic acids is 1. The van der Waals surface area contributed by atoms with E-state index in [1.54, 1.807) is 11.9 Å². The quantitative estimate of drug-likeness (QED) is 0.803. The van der Waals surface area contributed by atoms with Gasteiger partial charge >= 0.3 is 0 Å². The van der Waals surface area contributed by atoms with Crippen molar-refractivity contribution in [2.24, 2.45) is 7.05 Å². The molecule has 1 fully saturated rings. The highest BCUT2D eigenvalue weighted by Gasteiger charge is 2.23. The number of hydrogen-bond donors (Lipinski definition) is 0. The predicted octanol–water partition coefficient (Wildman–Crippen LogP) is 1.70. The Bertz CT molecular complexity index is 763.